The lowest BCUT2D eigenvalue weighted by molar-refractivity contribution is -0.120. The number of primary amides is 1. The number of rotatable bonds is 4. The maximum absolute atomic E-state index is 11.5. The molecule has 1 aliphatic rings. The topological polar surface area (TPSA) is 76.2 Å². The maximum Gasteiger partial charge on any atom is 0.229 e. The van der Waals surface area contributed by atoms with Crippen molar-refractivity contribution < 1.29 is 9.90 Å². The Hall–Kier alpha value is -1.42. The second-order valence-electron chi connectivity index (χ2n) is 3.96. The van der Waals surface area contributed by atoms with Crippen molar-refractivity contribution in [2.24, 2.45) is 11.7 Å². The summed E-state index contributed by atoms with van der Waals surface area (Å²) in [5.74, 6) is -0.186. The number of carbonyl (C=O) groups excluding carboxylic acids is 1. The minimum Gasteiger partial charge on any atom is -0.396 e. The molecule has 1 aromatic rings. The molecule has 4 heteroatoms. The summed E-state index contributed by atoms with van der Waals surface area (Å²) in [5.41, 5.74) is 5.54. The van der Waals surface area contributed by atoms with E-state index in [-0.39, 0.29) is 18.4 Å². The summed E-state index contributed by atoms with van der Waals surface area (Å²) in [6, 6.07) is 5.48. The molecule has 1 aliphatic carbocycles. The van der Waals surface area contributed by atoms with Crippen molar-refractivity contribution in [2.45, 2.75) is 18.3 Å². The summed E-state index contributed by atoms with van der Waals surface area (Å²) in [6.45, 7) is 0.0898. The highest BCUT2D eigenvalue weighted by molar-refractivity contribution is 5.90. The first-order chi connectivity index (χ1) is 7.21. The summed E-state index contributed by atoms with van der Waals surface area (Å²) in [5, 5.41) is 8.87. The zero-order valence-electron chi connectivity index (χ0n) is 8.39. The van der Waals surface area contributed by atoms with Gasteiger partial charge in [-0.3, -0.25) is 9.78 Å². The number of nitrogens with two attached hydrogens (primary N) is 1. The Labute approximate surface area is 88.1 Å². The fourth-order valence-corrected chi connectivity index (χ4v) is 2.20. The number of aromatic nitrogens is 1. The van der Waals surface area contributed by atoms with E-state index in [1.54, 1.807) is 6.20 Å². The lowest BCUT2D eigenvalue weighted by atomic mass is 9.96. The molecule has 0 aliphatic heterocycles. The Kier molecular flexibility index (Phi) is 2.44. The molecule has 2 atom stereocenters. The van der Waals surface area contributed by atoms with Crippen molar-refractivity contribution in [1.82, 2.24) is 4.98 Å². The third-order valence-electron chi connectivity index (χ3n) is 3.14. The van der Waals surface area contributed by atoms with Gasteiger partial charge in [0.25, 0.3) is 0 Å². The molecule has 1 heterocycles. The monoisotopic (exact) mass is 206 g/mol. The normalized spacial score (nSPS) is 28.7. The Morgan fingerprint density at radius 3 is 3.00 bits per heavy atom. The van der Waals surface area contributed by atoms with E-state index in [9.17, 15) is 4.79 Å². The SMILES string of the molecule is NC(=O)C1(c2ccccn2)CC1CCO. The average Bonchev–Trinajstić information content (AvgIpc) is 2.96. The molecule has 0 saturated heterocycles. The van der Waals surface area contributed by atoms with Gasteiger partial charge >= 0.3 is 0 Å². The van der Waals surface area contributed by atoms with Crippen LogP contribution in [0, 0.1) is 5.92 Å². The molecule has 1 fully saturated rings. The molecule has 0 aromatic carbocycles. The van der Waals surface area contributed by atoms with Gasteiger partial charge in [-0.05, 0) is 30.9 Å². The lowest BCUT2D eigenvalue weighted by Crippen LogP contribution is -2.31. The van der Waals surface area contributed by atoms with Gasteiger partial charge < -0.3 is 10.8 Å². The lowest BCUT2D eigenvalue weighted by Gasteiger charge is -2.12. The number of pyridine rings is 1. The van der Waals surface area contributed by atoms with Gasteiger partial charge in [0.15, 0.2) is 0 Å². The fraction of sp³-hybridized carbons (Fsp3) is 0.455. The molecule has 4 nitrogen and oxygen atoms in total. The van der Waals surface area contributed by atoms with Crippen LogP contribution < -0.4 is 5.73 Å². The van der Waals surface area contributed by atoms with E-state index >= 15 is 0 Å². The molecular formula is C11H14N2O2. The number of hydrogen-bond donors (Lipinski definition) is 2. The molecule has 1 saturated carbocycles. The fourth-order valence-electron chi connectivity index (χ4n) is 2.20. The zero-order valence-corrected chi connectivity index (χ0v) is 8.39. The molecule has 3 N–H and O–H groups in total. The van der Waals surface area contributed by atoms with E-state index in [2.05, 4.69) is 4.98 Å². The third kappa shape index (κ3) is 1.51. The molecule has 2 rings (SSSR count). The van der Waals surface area contributed by atoms with E-state index in [1.165, 1.54) is 0 Å². The summed E-state index contributed by atoms with van der Waals surface area (Å²) < 4.78 is 0. The van der Waals surface area contributed by atoms with Crippen LogP contribution in [0.25, 0.3) is 0 Å². The number of hydrogen-bond acceptors (Lipinski definition) is 3. The van der Waals surface area contributed by atoms with Crippen LogP contribution in [0.15, 0.2) is 24.4 Å². The van der Waals surface area contributed by atoms with Crippen molar-refractivity contribution in [2.75, 3.05) is 6.61 Å². The predicted molar refractivity (Wildman–Crippen MR) is 54.9 cm³/mol. The molecule has 0 spiro atoms. The molecule has 0 radical (unpaired) electrons. The number of nitrogens with zero attached hydrogens (tertiary/aromatic N) is 1. The Bertz CT molecular complexity index is 366. The molecular weight excluding hydrogens is 192 g/mol. The van der Waals surface area contributed by atoms with Crippen LogP contribution in [0.1, 0.15) is 18.5 Å². The van der Waals surface area contributed by atoms with E-state index in [1.807, 2.05) is 18.2 Å². The molecule has 0 bridgehead atoms. The highest BCUT2D eigenvalue weighted by Gasteiger charge is 2.60. The minimum atomic E-state index is -0.621. The summed E-state index contributed by atoms with van der Waals surface area (Å²) in [7, 11) is 0. The Morgan fingerprint density at radius 2 is 2.47 bits per heavy atom. The first kappa shape index (κ1) is 10.1. The van der Waals surface area contributed by atoms with E-state index in [4.69, 9.17) is 10.8 Å². The van der Waals surface area contributed by atoms with Crippen molar-refractivity contribution in [3.63, 3.8) is 0 Å². The Balaban J connectivity index is 2.28. The van der Waals surface area contributed by atoms with Gasteiger partial charge in [-0.15, -0.1) is 0 Å². The van der Waals surface area contributed by atoms with Crippen LogP contribution in [-0.4, -0.2) is 22.6 Å². The molecule has 1 aromatic heterocycles. The number of aliphatic hydroxyl groups excluding tert-OH is 1. The van der Waals surface area contributed by atoms with Crippen molar-refractivity contribution in [1.29, 1.82) is 0 Å². The Morgan fingerprint density at radius 1 is 1.67 bits per heavy atom. The van der Waals surface area contributed by atoms with Crippen LogP contribution in [0.2, 0.25) is 0 Å². The number of amides is 1. The van der Waals surface area contributed by atoms with Gasteiger partial charge in [-0.2, -0.15) is 0 Å². The quantitative estimate of drug-likeness (QED) is 0.739. The molecule has 15 heavy (non-hydrogen) atoms. The molecule has 2 unspecified atom stereocenters. The third-order valence-corrected chi connectivity index (χ3v) is 3.14. The molecule has 1 amide bonds. The van der Waals surface area contributed by atoms with Gasteiger partial charge in [0.2, 0.25) is 5.91 Å². The van der Waals surface area contributed by atoms with Crippen molar-refractivity contribution in [3.05, 3.63) is 30.1 Å². The second kappa shape index (κ2) is 3.62. The first-order valence-electron chi connectivity index (χ1n) is 5.04. The van der Waals surface area contributed by atoms with Gasteiger partial charge in [-0.25, -0.2) is 0 Å². The van der Waals surface area contributed by atoms with Gasteiger partial charge in [0.05, 0.1) is 11.1 Å². The van der Waals surface area contributed by atoms with Crippen LogP contribution in [0.3, 0.4) is 0 Å². The van der Waals surface area contributed by atoms with Crippen LogP contribution in [0.5, 0.6) is 0 Å². The highest BCUT2D eigenvalue weighted by Crippen LogP contribution is 2.55. The van der Waals surface area contributed by atoms with Crippen LogP contribution in [0.4, 0.5) is 0 Å². The predicted octanol–water partition coefficient (Wildman–Crippen LogP) is 0.207. The van der Waals surface area contributed by atoms with Crippen molar-refractivity contribution in [3.8, 4) is 0 Å². The van der Waals surface area contributed by atoms with E-state index in [0.717, 1.165) is 5.69 Å². The molecule has 80 valence electrons. The zero-order chi connectivity index (χ0) is 10.9. The van der Waals surface area contributed by atoms with Crippen molar-refractivity contribution >= 4 is 5.91 Å². The second-order valence-corrected chi connectivity index (χ2v) is 3.96. The minimum absolute atomic E-state index is 0.0898. The standard InChI is InChI=1S/C11H14N2O2/c12-10(15)11(7-8(11)4-6-14)9-3-1-2-5-13-9/h1-3,5,8,14H,4,6-7H2,(H2,12,15). The van der Waals surface area contributed by atoms with Crippen LogP contribution in [-0.2, 0) is 10.2 Å². The average molecular weight is 206 g/mol. The van der Waals surface area contributed by atoms with Gasteiger partial charge in [0.1, 0.15) is 0 Å². The summed E-state index contributed by atoms with van der Waals surface area (Å²) in [6.07, 6.45) is 2.98. The summed E-state index contributed by atoms with van der Waals surface area (Å²) >= 11 is 0. The van der Waals surface area contributed by atoms with E-state index < -0.39 is 5.41 Å². The maximum atomic E-state index is 11.5. The van der Waals surface area contributed by atoms with Crippen LogP contribution >= 0.6 is 0 Å². The number of carbonyl (C=O) groups is 1. The van der Waals surface area contributed by atoms with E-state index in [0.29, 0.717) is 12.8 Å². The van der Waals surface area contributed by atoms with Gasteiger partial charge in [-0.1, -0.05) is 6.07 Å². The first-order valence-corrected chi connectivity index (χ1v) is 5.04. The summed E-state index contributed by atoms with van der Waals surface area (Å²) in [4.78, 5) is 15.7. The smallest absolute Gasteiger partial charge is 0.229 e. The highest BCUT2D eigenvalue weighted by atomic mass is 16.3. The van der Waals surface area contributed by atoms with Gasteiger partial charge in [0, 0.05) is 12.8 Å². The number of aliphatic hydroxyl groups is 1. The largest absolute Gasteiger partial charge is 0.396 e.